The molecule has 7 heteroatoms. The largest absolute Gasteiger partial charge is 0.460 e. The maximum Gasteiger partial charge on any atom is 0.231 e. The van der Waals surface area contributed by atoms with E-state index in [1.807, 2.05) is 6.07 Å². The van der Waals surface area contributed by atoms with Crippen molar-refractivity contribution >= 4 is 28.2 Å². The maximum atomic E-state index is 11.9. The molecule has 0 radical (unpaired) electrons. The van der Waals surface area contributed by atoms with Crippen molar-refractivity contribution in [3.63, 3.8) is 0 Å². The van der Waals surface area contributed by atoms with Gasteiger partial charge in [-0.3, -0.25) is 4.79 Å². The van der Waals surface area contributed by atoms with E-state index in [1.54, 1.807) is 0 Å². The van der Waals surface area contributed by atoms with Gasteiger partial charge in [-0.05, 0) is 97.0 Å². The fraction of sp³-hybridized carbons (Fsp3) is 0.622. The molecule has 0 N–H and O–H groups in total. The second-order valence-electron chi connectivity index (χ2n) is 19.0. The van der Waals surface area contributed by atoms with Crippen molar-refractivity contribution in [3.8, 4) is 23.0 Å². The summed E-state index contributed by atoms with van der Waals surface area (Å²) in [5, 5.41) is 2.30. The van der Waals surface area contributed by atoms with Gasteiger partial charge in [-0.25, -0.2) is 0 Å². The third-order valence-corrected chi connectivity index (χ3v) is 15.0. The highest BCUT2D eigenvalue weighted by Gasteiger charge is 2.53. The van der Waals surface area contributed by atoms with Crippen LogP contribution in [0.2, 0.25) is 0 Å². The minimum absolute atomic E-state index is 0.0565. The van der Waals surface area contributed by atoms with Crippen LogP contribution in [0.25, 0.3) is 21.9 Å². The average Bonchev–Trinajstić information content (AvgIpc) is 3.87. The van der Waals surface area contributed by atoms with E-state index in [1.165, 1.54) is 80.1 Å². The Morgan fingerprint density at radius 1 is 0.615 bits per heavy atom. The highest BCUT2D eigenvalue weighted by atomic mass is 16.7. The van der Waals surface area contributed by atoms with Gasteiger partial charge in [0.15, 0.2) is 29.3 Å². The second-order valence-corrected chi connectivity index (χ2v) is 19.0. The number of rotatable bonds is 1. The van der Waals surface area contributed by atoms with Crippen LogP contribution in [-0.4, -0.2) is 19.9 Å². The summed E-state index contributed by atoms with van der Waals surface area (Å²) in [5.41, 5.74) is 5.85. The fourth-order valence-corrected chi connectivity index (χ4v) is 12.5. The molecule has 6 atom stereocenters. The standard InChI is InChI=1S/C23H28O4.C22H28O3/c1-13-6-7-17-22(2,3)8-5-9-23(17,4)18-14-10-16-21(26-12-25-16)15(11-24)20(14)27-19(13)18;1-13-6-7-18-21(2,3)8-5-9-22(18,4)19-14-10-16-17(24-12-23-16)11-15(14)25-20(13)19/h10-11,13,17H,5-9,12H2,1-4H3;10-11,13,18H,5-9,12H2,1-4H3/t13-,17-,23-;13-,18-,22-/m00/s1. The third-order valence-electron chi connectivity index (χ3n) is 15.0. The van der Waals surface area contributed by atoms with Crippen LogP contribution in [0, 0.1) is 22.7 Å². The molecule has 4 aromatic rings. The van der Waals surface area contributed by atoms with Crippen molar-refractivity contribution in [1.82, 2.24) is 0 Å². The van der Waals surface area contributed by atoms with E-state index in [0.29, 0.717) is 63.9 Å². The highest BCUT2D eigenvalue weighted by Crippen LogP contribution is 2.62. The molecule has 10 rings (SSSR count). The Morgan fingerprint density at radius 2 is 1.13 bits per heavy atom. The number of aldehydes is 1. The molecule has 4 aliphatic carbocycles. The van der Waals surface area contributed by atoms with Crippen molar-refractivity contribution in [2.24, 2.45) is 22.7 Å². The first-order chi connectivity index (χ1) is 24.8. The lowest BCUT2D eigenvalue weighted by Crippen LogP contribution is -2.44. The number of furan rings is 2. The molecule has 2 fully saturated rings. The van der Waals surface area contributed by atoms with E-state index >= 15 is 0 Å². The zero-order valence-electron chi connectivity index (χ0n) is 32.5. The molecule has 2 aromatic heterocycles. The van der Waals surface area contributed by atoms with E-state index in [9.17, 15) is 4.79 Å². The molecular formula is C45H56O7. The van der Waals surface area contributed by atoms with Gasteiger partial charge in [0.25, 0.3) is 0 Å². The van der Waals surface area contributed by atoms with Crippen LogP contribution < -0.4 is 18.9 Å². The molecule has 0 bridgehead atoms. The van der Waals surface area contributed by atoms with E-state index in [2.05, 4.69) is 67.5 Å². The van der Waals surface area contributed by atoms with Crippen LogP contribution in [0.5, 0.6) is 23.0 Å². The van der Waals surface area contributed by atoms with Gasteiger partial charge in [0.1, 0.15) is 28.2 Å². The number of carbonyl (C=O) groups is 1. The SMILES string of the molecule is C[C@H]1CC[C@H]2C(C)(C)CCC[C@]2(C)c2c1oc1c(C=O)c3c(cc21)OCO3.C[C@H]1CC[C@H]2C(C)(C)CCC[C@]2(C)c2c1oc1cc3c(cc21)OCO3. The summed E-state index contributed by atoms with van der Waals surface area (Å²) in [7, 11) is 0. The van der Waals surface area contributed by atoms with Gasteiger partial charge >= 0.3 is 0 Å². The number of fused-ring (bicyclic) bond motifs is 12. The number of ether oxygens (including phenoxy) is 4. The molecule has 0 unspecified atom stereocenters. The Balaban J connectivity index is 0.000000139. The minimum Gasteiger partial charge on any atom is -0.460 e. The first-order valence-corrected chi connectivity index (χ1v) is 20.0. The van der Waals surface area contributed by atoms with Gasteiger partial charge in [-0.15, -0.1) is 0 Å². The molecule has 2 aliphatic heterocycles. The quantitative estimate of drug-likeness (QED) is 0.182. The Labute approximate surface area is 308 Å². The molecular weight excluding hydrogens is 652 g/mol. The Kier molecular flexibility index (Phi) is 7.69. The molecule has 0 spiro atoms. The van der Waals surface area contributed by atoms with E-state index in [4.69, 9.17) is 27.8 Å². The molecule has 0 amide bonds. The fourth-order valence-electron chi connectivity index (χ4n) is 12.5. The van der Waals surface area contributed by atoms with Gasteiger partial charge < -0.3 is 27.8 Å². The molecule has 52 heavy (non-hydrogen) atoms. The topological polar surface area (TPSA) is 80.3 Å². The van der Waals surface area contributed by atoms with Gasteiger partial charge in [-0.1, -0.05) is 68.2 Å². The first kappa shape index (κ1) is 34.2. The maximum absolute atomic E-state index is 11.9. The number of hydrogen-bond acceptors (Lipinski definition) is 7. The zero-order valence-corrected chi connectivity index (χ0v) is 32.5. The predicted molar refractivity (Wildman–Crippen MR) is 202 cm³/mol. The van der Waals surface area contributed by atoms with Gasteiger partial charge in [0.05, 0.1) is 0 Å². The van der Waals surface area contributed by atoms with Crippen molar-refractivity contribution in [2.45, 2.75) is 142 Å². The van der Waals surface area contributed by atoms with Crippen molar-refractivity contribution in [2.75, 3.05) is 13.6 Å². The van der Waals surface area contributed by atoms with Gasteiger partial charge in [-0.2, -0.15) is 0 Å². The van der Waals surface area contributed by atoms with Crippen LogP contribution in [0.4, 0.5) is 0 Å². The monoisotopic (exact) mass is 708 g/mol. The summed E-state index contributed by atoms with van der Waals surface area (Å²) >= 11 is 0. The Bertz CT molecular complexity index is 2080. The summed E-state index contributed by atoms with van der Waals surface area (Å²) in [4.78, 5) is 11.9. The van der Waals surface area contributed by atoms with Crippen LogP contribution >= 0.6 is 0 Å². The van der Waals surface area contributed by atoms with Crippen LogP contribution in [0.3, 0.4) is 0 Å². The van der Waals surface area contributed by atoms with E-state index in [-0.39, 0.29) is 17.6 Å². The number of carbonyl (C=O) groups excluding carboxylic acids is 1. The van der Waals surface area contributed by atoms with Crippen LogP contribution in [-0.2, 0) is 10.8 Å². The summed E-state index contributed by atoms with van der Waals surface area (Å²) in [5.74, 6) is 7.27. The molecule has 278 valence electrons. The normalized spacial score (nSPS) is 32.1. The lowest BCUT2D eigenvalue weighted by Gasteiger charge is -2.50. The van der Waals surface area contributed by atoms with Gasteiger partial charge in [0, 0.05) is 39.8 Å². The molecule has 2 aromatic carbocycles. The summed E-state index contributed by atoms with van der Waals surface area (Å²) in [6, 6.07) is 6.25. The Hall–Kier alpha value is -3.61. The van der Waals surface area contributed by atoms with Crippen LogP contribution in [0.15, 0.2) is 27.0 Å². The number of benzene rings is 2. The molecule has 7 nitrogen and oxygen atoms in total. The lowest BCUT2D eigenvalue weighted by molar-refractivity contribution is 0.0502. The van der Waals surface area contributed by atoms with E-state index < -0.39 is 0 Å². The number of hydrogen-bond donors (Lipinski definition) is 0. The first-order valence-electron chi connectivity index (χ1n) is 20.0. The zero-order chi connectivity index (χ0) is 36.4. The summed E-state index contributed by atoms with van der Waals surface area (Å²) in [6.45, 7) is 19.8. The molecule has 4 heterocycles. The molecule has 6 aliphatic rings. The molecule has 0 saturated heterocycles. The smallest absolute Gasteiger partial charge is 0.231 e. The Morgan fingerprint density at radius 3 is 1.75 bits per heavy atom. The van der Waals surface area contributed by atoms with Crippen molar-refractivity contribution in [3.05, 3.63) is 46.4 Å². The second kappa shape index (κ2) is 11.7. The average molecular weight is 709 g/mol. The predicted octanol–water partition coefficient (Wildman–Crippen LogP) is 12.1. The third kappa shape index (κ3) is 4.85. The van der Waals surface area contributed by atoms with Gasteiger partial charge in [0.2, 0.25) is 13.6 Å². The van der Waals surface area contributed by atoms with Crippen molar-refractivity contribution in [1.29, 1.82) is 0 Å². The highest BCUT2D eigenvalue weighted by molar-refractivity contribution is 6.02. The van der Waals surface area contributed by atoms with Crippen LogP contribution in [0.1, 0.15) is 164 Å². The minimum atomic E-state index is 0.0565. The molecule has 2 saturated carbocycles. The lowest BCUT2D eigenvalue weighted by atomic mass is 9.53. The summed E-state index contributed by atoms with van der Waals surface area (Å²) in [6.07, 6.45) is 13.3. The summed E-state index contributed by atoms with van der Waals surface area (Å²) < 4.78 is 35.4. The van der Waals surface area contributed by atoms with Crippen molar-refractivity contribution < 1.29 is 32.6 Å². The van der Waals surface area contributed by atoms with E-state index in [0.717, 1.165) is 40.9 Å².